The summed E-state index contributed by atoms with van der Waals surface area (Å²) in [5.41, 5.74) is 2.51. The molecule has 0 aliphatic carbocycles. The van der Waals surface area contributed by atoms with E-state index < -0.39 is 0 Å². The molecule has 20 heavy (non-hydrogen) atoms. The number of aryl methyl sites for hydroxylation is 1. The van der Waals surface area contributed by atoms with E-state index in [9.17, 15) is 0 Å². The van der Waals surface area contributed by atoms with E-state index in [0.717, 1.165) is 25.3 Å². The van der Waals surface area contributed by atoms with E-state index in [1.165, 1.54) is 25.0 Å². The lowest BCUT2D eigenvalue weighted by Gasteiger charge is -2.20. The smallest absolute Gasteiger partial charge is 0.0547 e. The Morgan fingerprint density at radius 2 is 1.90 bits per heavy atom. The summed E-state index contributed by atoms with van der Waals surface area (Å²) in [5.74, 6) is 0. The van der Waals surface area contributed by atoms with E-state index in [4.69, 9.17) is 0 Å². The third kappa shape index (κ3) is 8.28. The van der Waals surface area contributed by atoms with Crippen LogP contribution in [-0.4, -0.2) is 35.6 Å². The Morgan fingerprint density at radius 1 is 1.15 bits per heavy atom. The van der Waals surface area contributed by atoms with Crippen LogP contribution in [0, 0.1) is 6.92 Å². The Hall–Kier alpha value is -0.930. The summed E-state index contributed by atoms with van der Waals surface area (Å²) in [6.45, 7) is 11.9. The first-order valence-corrected chi connectivity index (χ1v) is 7.73. The van der Waals surface area contributed by atoms with Gasteiger partial charge in [-0.3, -0.25) is 4.98 Å². The van der Waals surface area contributed by atoms with Crippen LogP contribution in [-0.2, 0) is 6.54 Å². The Morgan fingerprint density at radius 3 is 2.55 bits per heavy atom. The van der Waals surface area contributed by atoms with Gasteiger partial charge in [0.25, 0.3) is 0 Å². The van der Waals surface area contributed by atoms with Gasteiger partial charge in [-0.25, -0.2) is 0 Å². The molecular formula is C17H31N3. The molecule has 0 fully saturated rings. The predicted molar refractivity (Wildman–Crippen MR) is 86.9 cm³/mol. The molecular weight excluding hydrogens is 246 g/mol. The lowest BCUT2D eigenvalue weighted by Crippen LogP contribution is -2.36. The van der Waals surface area contributed by atoms with Gasteiger partial charge in [-0.05, 0) is 72.8 Å². The highest BCUT2D eigenvalue weighted by atomic mass is 15.1. The molecule has 0 aromatic carbocycles. The third-order valence-electron chi connectivity index (χ3n) is 3.25. The minimum Gasteiger partial charge on any atom is -0.312 e. The molecule has 0 saturated heterocycles. The van der Waals surface area contributed by atoms with Crippen molar-refractivity contribution >= 4 is 0 Å². The number of rotatable bonds is 8. The normalized spacial score (nSPS) is 12.1. The van der Waals surface area contributed by atoms with Gasteiger partial charge in [0.05, 0.1) is 5.69 Å². The maximum atomic E-state index is 4.55. The zero-order valence-electron chi connectivity index (χ0n) is 13.9. The fourth-order valence-electron chi connectivity index (χ4n) is 2.19. The second-order valence-electron chi connectivity index (χ2n) is 6.75. The van der Waals surface area contributed by atoms with Gasteiger partial charge in [0, 0.05) is 17.8 Å². The van der Waals surface area contributed by atoms with Crippen LogP contribution in [0.25, 0.3) is 0 Å². The van der Waals surface area contributed by atoms with E-state index in [-0.39, 0.29) is 5.54 Å². The molecule has 3 nitrogen and oxygen atoms in total. The average Bonchev–Trinajstić information content (AvgIpc) is 2.32. The molecule has 0 aliphatic rings. The maximum Gasteiger partial charge on any atom is 0.0547 e. The molecule has 0 spiro atoms. The minimum absolute atomic E-state index is 0.244. The molecule has 114 valence electrons. The van der Waals surface area contributed by atoms with Crippen molar-refractivity contribution in [2.45, 2.75) is 59.0 Å². The molecule has 0 atom stereocenters. The Balaban J connectivity index is 2.10. The van der Waals surface area contributed by atoms with Gasteiger partial charge in [-0.15, -0.1) is 0 Å². The molecule has 0 amide bonds. The number of hydrogen-bond acceptors (Lipinski definition) is 3. The first-order valence-electron chi connectivity index (χ1n) is 7.73. The first kappa shape index (κ1) is 17.1. The zero-order valence-corrected chi connectivity index (χ0v) is 13.9. The van der Waals surface area contributed by atoms with Crippen LogP contribution in [0.2, 0.25) is 0 Å². The van der Waals surface area contributed by atoms with Gasteiger partial charge < -0.3 is 10.2 Å². The van der Waals surface area contributed by atoms with E-state index in [1.807, 2.05) is 13.0 Å². The van der Waals surface area contributed by atoms with Gasteiger partial charge in [0.1, 0.15) is 0 Å². The van der Waals surface area contributed by atoms with Crippen molar-refractivity contribution in [1.82, 2.24) is 15.2 Å². The van der Waals surface area contributed by atoms with Gasteiger partial charge >= 0.3 is 0 Å². The fraction of sp³-hybridized carbons (Fsp3) is 0.706. The van der Waals surface area contributed by atoms with Crippen LogP contribution in [0.1, 0.15) is 51.4 Å². The summed E-state index contributed by atoms with van der Waals surface area (Å²) >= 11 is 0. The van der Waals surface area contributed by atoms with Crippen LogP contribution in [0.4, 0.5) is 0 Å². The molecule has 0 saturated carbocycles. The topological polar surface area (TPSA) is 28.2 Å². The maximum absolute atomic E-state index is 4.55. The van der Waals surface area contributed by atoms with Crippen LogP contribution in [0.15, 0.2) is 18.2 Å². The quantitative estimate of drug-likeness (QED) is 0.738. The summed E-state index contributed by atoms with van der Waals surface area (Å²) in [7, 11) is 2.18. The zero-order chi connectivity index (χ0) is 15.0. The van der Waals surface area contributed by atoms with E-state index in [1.54, 1.807) is 0 Å². The van der Waals surface area contributed by atoms with Crippen molar-refractivity contribution in [2.24, 2.45) is 0 Å². The Labute approximate surface area is 124 Å². The largest absolute Gasteiger partial charge is 0.312 e. The molecule has 1 rings (SSSR count). The monoisotopic (exact) mass is 277 g/mol. The minimum atomic E-state index is 0.244. The van der Waals surface area contributed by atoms with Crippen molar-refractivity contribution < 1.29 is 0 Å². The van der Waals surface area contributed by atoms with Gasteiger partial charge in [0.15, 0.2) is 0 Å². The van der Waals surface area contributed by atoms with Gasteiger partial charge in [0.2, 0.25) is 0 Å². The highest BCUT2D eigenvalue weighted by Crippen LogP contribution is 2.05. The first-order chi connectivity index (χ1) is 9.37. The molecule has 0 aliphatic heterocycles. The standard InChI is InChI=1S/C17H31N3/c1-15-10-9-11-16(19-15)14-20(5)13-8-6-7-12-18-17(2,3)4/h9-11,18H,6-8,12-14H2,1-5H3. The van der Waals surface area contributed by atoms with Gasteiger partial charge in [-0.1, -0.05) is 12.5 Å². The Bertz CT molecular complexity index is 382. The summed E-state index contributed by atoms with van der Waals surface area (Å²) < 4.78 is 0. The molecule has 1 heterocycles. The molecule has 0 radical (unpaired) electrons. The fourth-order valence-corrected chi connectivity index (χ4v) is 2.19. The van der Waals surface area contributed by atoms with Crippen molar-refractivity contribution in [1.29, 1.82) is 0 Å². The van der Waals surface area contributed by atoms with Crippen LogP contribution < -0.4 is 5.32 Å². The number of hydrogen-bond donors (Lipinski definition) is 1. The number of pyridine rings is 1. The van der Waals surface area contributed by atoms with E-state index >= 15 is 0 Å². The Kier molecular flexibility index (Phi) is 7.17. The van der Waals surface area contributed by atoms with Crippen LogP contribution >= 0.6 is 0 Å². The SMILES string of the molecule is Cc1cccc(CN(C)CCCCCNC(C)(C)C)n1. The summed E-state index contributed by atoms with van der Waals surface area (Å²) in [6, 6.07) is 6.24. The lowest BCUT2D eigenvalue weighted by molar-refractivity contribution is 0.311. The highest BCUT2D eigenvalue weighted by molar-refractivity contribution is 5.09. The molecule has 1 aromatic heterocycles. The second kappa shape index (κ2) is 8.38. The molecule has 1 aromatic rings. The van der Waals surface area contributed by atoms with Crippen molar-refractivity contribution in [2.75, 3.05) is 20.1 Å². The number of nitrogens with zero attached hydrogens (tertiary/aromatic N) is 2. The third-order valence-corrected chi connectivity index (χ3v) is 3.25. The molecule has 1 N–H and O–H groups in total. The number of nitrogens with one attached hydrogen (secondary N) is 1. The number of aromatic nitrogens is 1. The van der Waals surface area contributed by atoms with E-state index in [2.05, 4.69) is 55.2 Å². The van der Waals surface area contributed by atoms with Crippen LogP contribution in [0.5, 0.6) is 0 Å². The van der Waals surface area contributed by atoms with Crippen molar-refractivity contribution in [3.05, 3.63) is 29.6 Å². The average molecular weight is 277 g/mol. The van der Waals surface area contributed by atoms with Crippen LogP contribution in [0.3, 0.4) is 0 Å². The second-order valence-corrected chi connectivity index (χ2v) is 6.75. The predicted octanol–water partition coefficient (Wildman–Crippen LogP) is 3.38. The number of unbranched alkanes of at least 4 members (excludes halogenated alkanes) is 2. The summed E-state index contributed by atoms with van der Waals surface area (Å²) in [5, 5.41) is 3.53. The van der Waals surface area contributed by atoms with Crippen molar-refractivity contribution in [3.63, 3.8) is 0 Å². The van der Waals surface area contributed by atoms with E-state index in [0.29, 0.717) is 0 Å². The summed E-state index contributed by atoms with van der Waals surface area (Å²) in [6.07, 6.45) is 3.80. The highest BCUT2D eigenvalue weighted by Gasteiger charge is 2.07. The van der Waals surface area contributed by atoms with Crippen molar-refractivity contribution in [3.8, 4) is 0 Å². The molecule has 0 unspecified atom stereocenters. The molecule has 0 bridgehead atoms. The lowest BCUT2D eigenvalue weighted by atomic mass is 10.1. The summed E-state index contributed by atoms with van der Waals surface area (Å²) in [4.78, 5) is 6.91. The molecule has 3 heteroatoms. The van der Waals surface area contributed by atoms with Gasteiger partial charge in [-0.2, -0.15) is 0 Å².